The normalized spacial score (nSPS) is 15.4. The first-order valence-electron chi connectivity index (χ1n) is 4.27. The topological polar surface area (TPSA) is 15.6 Å². The molecule has 0 aliphatic carbocycles. The van der Waals surface area contributed by atoms with E-state index in [0.29, 0.717) is 0 Å². The van der Waals surface area contributed by atoms with Crippen LogP contribution in [0.5, 0.6) is 0 Å². The Kier molecular flexibility index (Phi) is 1.69. The SMILES string of the molecule is C=C1N=C(C)c2ccccc2N1C. The van der Waals surface area contributed by atoms with Crippen molar-refractivity contribution < 1.29 is 0 Å². The van der Waals surface area contributed by atoms with Gasteiger partial charge in [0.15, 0.2) is 0 Å². The maximum Gasteiger partial charge on any atom is 0.125 e. The van der Waals surface area contributed by atoms with Crippen molar-refractivity contribution in [2.45, 2.75) is 6.92 Å². The van der Waals surface area contributed by atoms with Crippen molar-refractivity contribution in [1.82, 2.24) is 0 Å². The second-order valence-corrected chi connectivity index (χ2v) is 3.19. The van der Waals surface area contributed by atoms with Crippen LogP contribution < -0.4 is 4.90 Å². The minimum atomic E-state index is 0.802. The fourth-order valence-electron chi connectivity index (χ4n) is 1.54. The molecule has 1 aliphatic rings. The largest absolute Gasteiger partial charge is 0.329 e. The van der Waals surface area contributed by atoms with Gasteiger partial charge in [0.05, 0.1) is 5.69 Å². The van der Waals surface area contributed by atoms with E-state index < -0.39 is 0 Å². The molecule has 0 saturated carbocycles. The number of aliphatic imine (C=N–C) groups is 1. The number of rotatable bonds is 0. The Morgan fingerprint density at radius 2 is 2.00 bits per heavy atom. The van der Waals surface area contributed by atoms with E-state index in [1.165, 1.54) is 11.3 Å². The summed E-state index contributed by atoms with van der Waals surface area (Å²) >= 11 is 0. The standard InChI is InChI=1S/C11H12N2/c1-8-10-6-4-5-7-11(10)13(3)9(2)12-8/h4-7H,2H2,1,3H3. The summed E-state index contributed by atoms with van der Waals surface area (Å²) in [6, 6.07) is 8.22. The molecule has 1 aliphatic heterocycles. The summed E-state index contributed by atoms with van der Waals surface area (Å²) in [5.41, 5.74) is 3.41. The zero-order valence-electron chi connectivity index (χ0n) is 7.91. The Morgan fingerprint density at radius 3 is 2.77 bits per heavy atom. The minimum Gasteiger partial charge on any atom is -0.329 e. The van der Waals surface area contributed by atoms with Crippen LogP contribution in [0.3, 0.4) is 0 Å². The lowest BCUT2D eigenvalue weighted by Gasteiger charge is -2.26. The first-order chi connectivity index (χ1) is 6.20. The Balaban J connectivity index is 2.65. The molecule has 0 unspecified atom stereocenters. The lowest BCUT2D eigenvalue weighted by Crippen LogP contribution is -2.22. The molecule has 0 saturated heterocycles. The monoisotopic (exact) mass is 172 g/mol. The third-order valence-electron chi connectivity index (χ3n) is 2.34. The number of hydrogen-bond donors (Lipinski definition) is 0. The molecule has 13 heavy (non-hydrogen) atoms. The third-order valence-corrected chi connectivity index (χ3v) is 2.34. The van der Waals surface area contributed by atoms with Crippen molar-refractivity contribution in [3.05, 3.63) is 42.2 Å². The van der Waals surface area contributed by atoms with Crippen molar-refractivity contribution >= 4 is 11.4 Å². The van der Waals surface area contributed by atoms with E-state index in [1.807, 2.05) is 31.0 Å². The van der Waals surface area contributed by atoms with Gasteiger partial charge < -0.3 is 4.90 Å². The minimum absolute atomic E-state index is 0.802. The van der Waals surface area contributed by atoms with E-state index >= 15 is 0 Å². The molecular weight excluding hydrogens is 160 g/mol. The molecule has 0 N–H and O–H groups in total. The number of benzene rings is 1. The third kappa shape index (κ3) is 1.15. The summed E-state index contributed by atoms with van der Waals surface area (Å²) in [5.74, 6) is 0.802. The van der Waals surface area contributed by atoms with Crippen LogP contribution in [-0.4, -0.2) is 12.8 Å². The van der Waals surface area contributed by atoms with Crippen LogP contribution in [0.4, 0.5) is 5.69 Å². The van der Waals surface area contributed by atoms with Gasteiger partial charge in [-0.25, -0.2) is 4.99 Å². The van der Waals surface area contributed by atoms with Crippen molar-refractivity contribution in [2.24, 2.45) is 4.99 Å². The Morgan fingerprint density at radius 1 is 1.31 bits per heavy atom. The first-order valence-corrected chi connectivity index (χ1v) is 4.27. The van der Waals surface area contributed by atoms with Gasteiger partial charge in [0.25, 0.3) is 0 Å². The number of para-hydroxylation sites is 1. The Bertz CT molecular complexity index is 391. The molecular formula is C11H12N2. The van der Waals surface area contributed by atoms with E-state index in [0.717, 1.165) is 11.5 Å². The molecule has 2 rings (SSSR count). The number of anilines is 1. The molecule has 2 nitrogen and oxygen atoms in total. The first kappa shape index (κ1) is 8.05. The molecule has 0 aromatic heterocycles. The molecule has 0 atom stereocenters. The van der Waals surface area contributed by atoms with Gasteiger partial charge >= 0.3 is 0 Å². The molecule has 2 heteroatoms. The molecule has 1 aromatic carbocycles. The van der Waals surface area contributed by atoms with E-state index in [1.54, 1.807) is 0 Å². The molecule has 66 valence electrons. The van der Waals surface area contributed by atoms with Crippen molar-refractivity contribution in [3.8, 4) is 0 Å². The average molecular weight is 172 g/mol. The van der Waals surface area contributed by atoms with E-state index in [-0.39, 0.29) is 0 Å². The molecule has 1 aromatic rings. The summed E-state index contributed by atoms with van der Waals surface area (Å²) in [6.07, 6.45) is 0. The fourth-order valence-corrected chi connectivity index (χ4v) is 1.54. The van der Waals surface area contributed by atoms with Gasteiger partial charge in [-0.15, -0.1) is 0 Å². The van der Waals surface area contributed by atoms with Gasteiger partial charge in [-0.2, -0.15) is 0 Å². The predicted molar refractivity (Wildman–Crippen MR) is 56.2 cm³/mol. The van der Waals surface area contributed by atoms with Gasteiger partial charge in [-0.3, -0.25) is 0 Å². The molecule has 0 fully saturated rings. The summed E-state index contributed by atoms with van der Waals surface area (Å²) < 4.78 is 0. The van der Waals surface area contributed by atoms with Crippen LogP contribution in [0.1, 0.15) is 12.5 Å². The van der Waals surface area contributed by atoms with Crippen LogP contribution in [0.25, 0.3) is 0 Å². The summed E-state index contributed by atoms with van der Waals surface area (Å²) in [4.78, 5) is 6.36. The molecule has 0 radical (unpaired) electrons. The van der Waals surface area contributed by atoms with Gasteiger partial charge in [0.2, 0.25) is 0 Å². The van der Waals surface area contributed by atoms with Gasteiger partial charge in [-0.1, -0.05) is 24.8 Å². The Labute approximate surface area is 78.2 Å². The Hall–Kier alpha value is -1.57. The molecule has 0 amide bonds. The zero-order valence-corrected chi connectivity index (χ0v) is 7.91. The highest BCUT2D eigenvalue weighted by Gasteiger charge is 2.15. The van der Waals surface area contributed by atoms with E-state index in [2.05, 4.69) is 23.7 Å². The average Bonchev–Trinajstić information content (AvgIpc) is 2.15. The highest BCUT2D eigenvalue weighted by Crippen LogP contribution is 2.27. The van der Waals surface area contributed by atoms with Crippen molar-refractivity contribution in [1.29, 1.82) is 0 Å². The number of nitrogens with zero attached hydrogens (tertiary/aromatic N) is 2. The van der Waals surface area contributed by atoms with Gasteiger partial charge in [-0.05, 0) is 13.0 Å². The van der Waals surface area contributed by atoms with E-state index in [9.17, 15) is 0 Å². The van der Waals surface area contributed by atoms with Crippen LogP contribution in [0.15, 0.2) is 41.7 Å². The summed E-state index contributed by atoms with van der Waals surface area (Å²) in [6.45, 7) is 5.89. The highest BCUT2D eigenvalue weighted by atomic mass is 15.2. The van der Waals surface area contributed by atoms with Crippen molar-refractivity contribution in [3.63, 3.8) is 0 Å². The maximum absolute atomic E-state index is 4.35. The number of fused-ring (bicyclic) bond motifs is 1. The second-order valence-electron chi connectivity index (χ2n) is 3.19. The van der Waals surface area contributed by atoms with Crippen LogP contribution >= 0.6 is 0 Å². The molecule has 0 spiro atoms. The summed E-state index contributed by atoms with van der Waals surface area (Å²) in [5, 5.41) is 0. The lowest BCUT2D eigenvalue weighted by atomic mass is 10.1. The second kappa shape index (κ2) is 2.73. The quantitative estimate of drug-likeness (QED) is 0.586. The maximum atomic E-state index is 4.35. The smallest absolute Gasteiger partial charge is 0.125 e. The van der Waals surface area contributed by atoms with Crippen LogP contribution in [0, 0.1) is 0 Å². The van der Waals surface area contributed by atoms with Crippen LogP contribution in [-0.2, 0) is 0 Å². The molecule has 1 heterocycles. The molecule has 0 bridgehead atoms. The van der Waals surface area contributed by atoms with Gasteiger partial charge in [0.1, 0.15) is 5.82 Å². The van der Waals surface area contributed by atoms with Gasteiger partial charge in [0, 0.05) is 18.3 Å². The predicted octanol–water partition coefficient (Wildman–Crippen LogP) is 2.42. The zero-order chi connectivity index (χ0) is 9.42. The number of hydrogen-bond acceptors (Lipinski definition) is 2. The highest BCUT2D eigenvalue weighted by molar-refractivity contribution is 6.06. The fraction of sp³-hybridized carbons (Fsp3) is 0.182. The lowest BCUT2D eigenvalue weighted by molar-refractivity contribution is 1.05. The van der Waals surface area contributed by atoms with Crippen LogP contribution in [0.2, 0.25) is 0 Å². The van der Waals surface area contributed by atoms with Crippen molar-refractivity contribution in [2.75, 3.05) is 11.9 Å². The summed E-state index contributed by atoms with van der Waals surface area (Å²) in [7, 11) is 1.98. The van der Waals surface area contributed by atoms with E-state index in [4.69, 9.17) is 0 Å².